The van der Waals surface area contributed by atoms with E-state index in [1.807, 2.05) is 84.3 Å². The van der Waals surface area contributed by atoms with Gasteiger partial charge in [-0.25, -0.2) is 0 Å². The SMILES string of the molecule is CCC(=O)N(CCN1CC[C@@H](N(C)Cc2ccccc2)C1)c1ccccc1.CCC(=O)N(CCN1CC[C@H](N(C)Cc2ccccc2)C1)c1ccccc1. The molecular weight excluding hydrogens is 669 g/mol. The van der Waals surface area contributed by atoms with Gasteiger partial charge in [-0.2, -0.15) is 0 Å². The van der Waals surface area contributed by atoms with E-state index < -0.39 is 0 Å². The van der Waals surface area contributed by atoms with Crippen molar-refractivity contribution in [3.05, 3.63) is 132 Å². The predicted octanol–water partition coefficient (Wildman–Crippen LogP) is 7.27. The van der Waals surface area contributed by atoms with Crippen molar-refractivity contribution in [2.75, 3.05) is 76.3 Å². The number of rotatable bonds is 16. The monoisotopic (exact) mass is 730 g/mol. The minimum atomic E-state index is 0.193. The zero-order chi connectivity index (χ0) is 38.1. The van der Waals surface area contributed by atoms with Gasteiger partial charge in [-0.15, -0.1) is 0 Å². The van der Waals surface area contributed by atoms with Gasteiger partial charge >= 0.3 is 0 Å². The summed E-state index contributed by atoms with van der Waals surface area (Å²) < 4.78 is 0. The Bertz CT molecular complexity index is 1530. The lowest BCUT2D eigenvalue weighted by Crippen LogP contribution is -2.39. The maximum atomic E-state index is 12.4. The molecule has 2 amide bonds. The zero-order valence-electron chi connectivity index (χ0n) is 33.1. The number of carbonyl (C=O) groups excluding carboxylic acids is 2. The molecule has 4 aromatic rings. The molecule has 0 spiro atoms. The lowest BCUT2D eigenvalue weighted by Gasteiger charge is -2.27. The van der Waals surface area contributed by atoms with Crippen LogP contribution in [0.15, 0.2) is 121 Å². The minimum absolute atomic E-state index is 0.193. The first kappa shape index (κ1) is 40.8. The topological polar surface area (TPSA) is 53.6 Å². The van der Waals surface area contributed by atoms with E-state index in [2.05, 4.69) is 94.4 Å². The molecule has 54 heavy (non-hydrogen) atoms. The molecule has 2 heterocycles. The summed E-state index contributed by atoms with van der Waals surface area (Å²) in [5.41, 5.74) is 4.73. The van der Waals surface area contributed by atoms with Crippen molar-refractivity contribution in [3.8, 4) is 0 Å². The van der Waals surface area contributed by atoms with Gasteiger partial charge in [0.1, 0.15) is 0 Å². The Morgan fingerprint density at radius 1 is 0.537 bits per heavy atom. The second-order valence-corrected chi connectivity index (χ2v) is 14.8. The van der Waals surface area contributed by atoms with Gasteiger partial charge in [-0.1, -0.05) is 111 Å². The van der Waals surface area contributed by atoms with Crippen molar-refractivity contribution in [1.82, 2.24) is 19.6 Å². The summed E-state index contributed by atoms with van der Waals surface area (Å²) in [4.78, 5) is 38.5. The van der Waals surface area contributed by atoms with Crippen LogP contribution in [-0.4, -0.2) is 110 Å². The first-order valence-corrected chi connectivity index (χ1v) is 20.0. The summed E-state index contributed by atoms with van der Waals surface area (Å²) in [5.74, 6) is 0.385. The fraction of sp³-hybridized carbons (Fsp3) is 0.435. The third-order valence-electron chi connectivity index (χ3n) is 10.9. The van der Waals surface area contributed by atoms with Gasteiger partial charge in [0.25, 0.3) is 0 Å². The van der Waals surface area contributed by atoms with Crippen LogP contribution >= 0.6 is 0 Å². The molecule has 0 unspecified atom stereocenters. The lowest BCUT2D eigenvalue weighted by molar-refractivity contribution is -0.119. The third-order valence-corrected chi connectivity index (χ3v) is 10.9. The van der Waals surface area contributed by atoms with Crippen LogP contribution in [0.1, 0.15) is 50.7 Å². The fourth-order valence-corrected chi connectivity index (χ4v) is 7.63. The number of benzene rings is 4. The smallest absolute Gasteiger partial charge is 0.226 e. The van der Waals surface area contributed by atoms with Crippen LogP contribution < -0.4 is 9.80 Å². The van der Waals surface area contributed by atoms with Crippen LogP contribution in [0, 0.1) is 0 Å². The van der Waals surface area contributed by atoms with Gasteiger partial charge in [-0.05, 0) is 75.4 Å². The Morgan fingerprint density at radius 3 is 1.20 bits per heavy atom. The predicted molar refractivity (Wildman–Crippen MR) is 224 cm³/mol. The van der Waals surface area contributed by atoms with E-state index in [1.165, 1.54) is 24.0 Å². The van der Waals surface area contributed by atoms with E-state index in [0.29, 0.717) is 24.9 Å². The van der Waals surface area contributed by atoms with Gasteiger partial charge in [0, 0.05) is 88.7 Å². The average Bonchev–Trinajstić information content (AvgIpc) is 3.90. The third kappa shape index (κ3) is 12.4. The molecule has 6 rings (SSSR count). The van der Waals surface area contributed by atoms with E-state index >= 15 is 0 Å². The number of carbonyl (C=O) groups is 2. The minimum Gasteiger partial charge on any atom is -0.311 e. The number of likely N-dealkylation sites (tertiary alicyclic amines) is 2. The number of likely N-dealkylation sites (N-methyl/N-ethyl adjacent to an activating group) is 2. The average molecular weight is 731 g/mol. The van der Waals surface area contributed by atoms with Crippen molar-refractivity contribution in [1.29, 1.82) is 0 Å². The van der Waals surface area contributed by atoms with E-state index in [-0.39, 0.29) is 11.8 Å². The highest BCUT2D eigenvalue weighted by Gasteiger charge is 2.28. The summed E-state index contributed by atoms with van der Waals surface area (Å²) in [5, 5.41) is 0. The second kappa shape index (κ2) is 21.5. The molecule has 0 aliphatic carbocycles. The molecule has 2 saturated heterocycles. The highest BCUT2D eigenvalue weighted by molar-refractivity contribution is 5.93. The Labute approximate surface area is 325 Å². The van der Waals surface area contributed by atoms with Gasteiger partial charge in [0.05, 0.1) is 0 Å². The van der Waals surface area contributed by atoms with E-state index in [4.69, 9.17) is 0 Å². The first-order chi connectivity index (χ1) is 26.3. The van der Waals surface area contributed by atoms with E-state index in [1.54, 1.807) is 0 Å². The molecule has 2 aliphatic rings. The number of hydrogen-bond acceptors (Lipinski definition) is 6. The molecule has 0 N–H and O–H groups in total. The van der Waals surface area contributed by atoms with E-state index in [9.17, 15) is 9.59 Å². The van der Waals surface area contributed by atoms with Crippen LogP contribution in [0.5, 0.6) is 0 Å². The Kier molecular flexibility index (Phi) is 16.3. The van der Waals surface area contributed by atoms with Crippen LogP contribution in [0.25, 0.3) is 0 Å². The molecule has 0 saturated carbocycles. The van der Waals surface area contributed by atoms with Crippen molar-refractivity contribution in [3.63, 3.8) is 0 Å². The number of anilines is 2. The molecule has 2 fully saturated rings. The summed E-state index contributed by atoms with van der Waals surface area (Å²) in [6.07, 6.45) is 3.46. The highest BCUT2D eigenvalue weighted by atomic mass is 16.2. The van der Waals surface area contributed by atoms with E-state index in [0.717, 1.165) is 76.8 Å². The molecule has 0 aromatic heterocycles. The second-order valence-electron chi connectivity index (χ2n) is 14.8. The van der Waals surface area contributed by atoms with Crippen molar-refractivity contribution < 1.29 is 9.59 Å². The number of nitrogens with zero attached hydrogens (tertiary/aromatic N) is 6. The zero-order valence-corrected chi connectivity index (χ0v) is 33.1. The summed E-state index contributed by atoms with van der Waals surface area (Å²) in [6, 6.07) is 42.5. The Morgan fingerprint density at radius 2 is 0.870 bits per heavy atom. The molecule has 288 valence electrons. The lowest BCUT2D eigenvalue weighted by atomic mass is 10.1. The maximum absolute atomic E-state index is 12.4. The van der Waals surface area contributed by atoms with Gasteiger partial charge < -0.3 is 9.80 Å². The van der Waals surface area contributed by atoms with Gasteiger partial charge in [0.15, 0.2) is 0 Å². The van der Waals surface area contributed by atoms with Crippen LogP contribution in [-0.2, 0) is 22.7 Å². The number of amides is 2. The summed E-state index contributed by atoms with van der Waals surface area (Å²) in [7, 11) is 4.44. The van der Waals surface area contributed by atoms with Crippen LogP contribution in [0.2, 0.25) is 0 Å². The Balaban J connectivity index is 0.000000208. The van der Waals surface area contributed by atoms with Crippen LogP contribution in [0.4, 0.5) is 11.4 Å². The summed E-state index contributed by atoms with van der Waals surface area (Å²) >= 11 is 0. The molecule has 0 bridgehead atoms. The first-order valence-electron chi connectivity index (χ1n) is 20.0. The normalized spacial score (nSPS) is 17.4. The molecule has 8 heteroatoms. The molecule has 2 aliphatic heterocycles. The maximum Gasteiger partial charge on any atom is 0.226 e. The fourth-order valence-electron chi connectivity index (χ4n) is 7.63. The molecule has 2 atom stereocenters. The summed E-state index contributed by atoms with van der Waals surface area (Å²) in [6.45, 7) is 13.6. The van der Waals surface area contributed by atoms with Crippen molar-refractivity contribution in [2.45, 2.75) is 64.7 Å². The van der Waals surface area contributed by atoms with Crippen molar-refractivity contribution in [2.24, 2.45) is 0 Å². The standard InChI is InChI=1S/2C23H31N3O/c2*1-3-23(27)26(21-12-8-5-9-13-21)17-16-25-15-14-22(19-25)24(2)18-20-10-6-4-7-11-20/h2*4-13,22H,3,14-19H2,1-2H3/t2*22-/m10/s1. The number of hydrogen-bond donors (Lipinski definition) is 0. The Hall–Kier alpha value is -4.34. The van der Waals surface area contributed by atoms with Crippen LogP contribution in [0.3, 0.4) is 0 Å². The molecule has 4 aromatic carbocycles. The largest absolute Gasteiger partial charge is 0.311 e. The highest BCUT2D eigenvalue weighted by Crippen LogP contribution is 2.21. The van der Waals surface area contributed by atoms with Gasteiger partial charge in [0.2, 0.25) is 11.8 Å². The quantitative estimate of drug-likeness (QED) is 0.121. The molecule has 0 radical (unpaired) electrons. The van der Waals surface area contributed by atoms with Gasteiger partial charge in [-0.3, -0.25) is 29.2 Å². The molecule has 8 nitrogen and oxygen atoms in total. The van der Waals surface area contributed by atoms with Crippen molar-refractivity contribution >= 4 is 23.2 Å². The number of para-hydroxylation sites is 2. The molecular formula is C46H62N6O2.